The summed E-state index contributed by atoms with van der Waals surface area (Å²) in [5.41, 5.74) is 1.83. The third kappa shape index (κ3) is 12.9. The van der Waals surface area contributed by atoms with Crippen LogP contribution < -0.4 is 5.32 Å². The minimum atomic E-state index is -1.37. The second-order valence-corrected chi connectivity index (χ2v) is 14.2. The van der Waals surface area contributed by atoms with E-state index in [1.54, 1.807) is 65.1 Å². The Morgan fingerprint density at radius 3 is 1.98 bits per heavy atom. The number of ether oxygens (including phenoxy) is 5. The summed E-state index contributed by atoms with van der Waals surface area (Å²) < 4.78 is 29.4. The van der Waals surface area contributed by atoms with Crippen molar-refractivity contribution in [2.24, 2.45) is 0 Å². The number of hydrogen-bond donors (Lipinski definition) is 1. The molecule has 0 fully saturated rings. The molecule has 306 valence electrons. The molecule has 0 saturated carbocycles. The summed E-state index contributed by atoms with van der Waals surface area (Å²) in [4.78, 5) is 71.4. The molecule has 0 bridgehead atoms. The van der Waals surface area contributed by atoms with E-state index in [-0.39, 0.29) is 45.9 Å². The minimum absolute atomic E-state index is 0.0314. The monoisotopic (exact) mass is 786 g/mol. The number of carbonyl (C=O) groups is 5. The van der Waals surface area contributed by atoms with Crippen LogP contribution in [0, 0.1) is 0 Å². The Morgan fingerprint density at radius 1 is 0.807 bits per heavy atom. The Balaban J connectivity index is 1.73. The van der Waals surface area contributed by atoms with Gasteiger partial charge in [-0.2, -0.15) is 0 Å². The van der Waals surface area contributed by atoms with E-state index >= 15 is 0 Å². The largest absolute Gasteiger partial charge is 0.467 e. The molecule has 1 N–H and O–H groups in total. The van der Waals surface area contributed by atoms with Crippen molar-refractivity contribution in [3.8, 4) is 0 Å². The first-order chi connectivity index (χ1) is 27.2. The molecule has 14 heteroatoms. The number of benzene rings is 3. The second kappa shape index (κ2) is 21.0. The van der Waals surface area contributed by atoms with Gasteiger partial charge in [-0.1, -0.05) is 78.9 Å². The molecule has 0 spiro atoms. The van der Waals surface area contributed by atoms with Crippen LogP contribution in [0.3, 0.4) is 0 Å². The molecule has 1 heterocycles. The van der Waals surface area contributed by atoms with Gasteiger partial charge in [-0.3, -0.25) is 14.2 Å². The normalized spacial score (nSPS) is 12.4. The maximum absolute atomic E-state index is 14.7. The molecule has 0 saturated heterocycles. The van der Waals surface area contributed by atoms with Crippen molar-refractivity contribution in [2.45, 2.75) is 85.1 Å². The standard InChI is InChI=1S/C43H54N4O10/c1-8-54-38(55-9-2)28-46(30(3)48)37(27-45(25-31-18-12-10-13-19-31)41(51)56-29-32-20-14-11-15-21-32)39(49)44-35(40(50)53-7)24-33-26-47(42(52)57-43(4,5)6)36-23-17-16-22-34(33)36/h10-23,26,35,37-38H,8-9,24-25,27-29H2,1-7H3,(H,44,49)/t35-,37-/m0/s1. The van der Waals surface area contributed by atoms with Crippen molar-refractivity contribution in [2.75, 3.05) is 33.4 Å². The number of carbonyl (C=O) groups excluding carboxylic acids is 5. The predicted molar refractivity (Wildman–Crippen MR) is 213 cm³/mol. The smallest absolute Gasteiger partial charge is 0.419 e. The number of nitrogens with zero attached hydrogens (tertiary/aromatic N) is 3. The summed E-state index contributed by atoms with van der Waals surface area (Å²) in [6.07, 6.45) is -0.762. The maximum atomic E-state index is 14.7. The van der Waals surface area contributed by atoms with Crippen LogP contribution in [0.1, 0.15) is 58.2 Å². The Hall–Kier alpha value is -5.73. The van der Waals surface area contributed by atoms with Gasteiger partial charge >= 0.3 is 18.2 Å². The highest BCUT2D eigenvalue weighted by Crippen LogP contribution is 2.25. The van der Waals surface area contributed by atoms with Crippen molar-refractivity contribution in [1.29, 1.82) is 0 Å². The first-order valence-corrected chi connectivity index (χ1v) is 18.9. The van der Waals surface area contributed by atoms with Crippen molar-refractivity contribution < 1.29 is 47.7 Å². The third-order valence-corrected chi connectivity index (χ3v) is 8.82. The second-order valence-electron chi connectivity index (χ2n) is 14.2. The van der Waals surface area contributed by atoms with E-state index < -0.39 is 53.9 Å². The summed E-state index contributed by atoms with van der Waals surface area (Å²) in [5, 5.41) is 3.46. The van der Waals surface area contributed by atoms with Gasteiger partial charge in [0.15, 0.2) is 6.29 Å². The highest BCUT2D eigenvalue weighted by atomic mass is 16.7. The minimum Gasteiger partial charge on any atom is -0.467 e. The summed E-state index contributed by atoms with van der Waals surface area (Å²) in [6, 6.07) is 22.8. The molecular formula is C43H54N4O10. The average molecular weight is 787 g/mol. The zero-order valence-corrected chi connectivity index (χ0v) is 33.8. The first-order valence-electron chi connectivity index (χ1n) is 18.9. The van der Waals surface area contributed by atoms with Gasteiger partial charge in [-0.05, 0) is 57.4 Å². The zero-order chi connectivity index (χ0) is 41.5. The van der Waals surface area contributed by atoms with Crippen LogP contribution in [0.15, 0.2) is 91.1 Å². The van der Waals surface area contributed by atoms with E-state index in [2.05, 4.69) is 5.32 Å². The highest BCUT2D eigenvalue weighted by molar-refractivity contribution is 5.94. The number of amides is 3. The summed E-state index contributed by atoms with van der Waals surface area (Å²) in [7, 11) is 1.20. The van der Waals surface area contributed by atoms with E-state index in [0.717, 1.165) is 11.1 Å². The third-order valence-electron chi connectivity index (χ3n) is 8.82. The van der Waals surface area contributed by atoms with Gasteiger partial charge < -0.3 is 38.8 Å². The summed E-state index contributed by atoms with van der Waals surface area (Å²) >= 11 is 0. The Labute approximate surface area is 333 Å². The molecule has 0 radical (unpaired) electrons. The number of para-hydroxylation sites is 1. The molecule has 14 nitrogen and oxygen atoms in total. The molecule has 2 atom stereocenters. The zero-order valence-electron chi connectivity index (χ0n) is 33.8. The molecule has 0 aliphatic carbocycles. The molecular weight excluding hydrogens is 732 g/mol. The topological polar surface area (TPSA) is 155 Å². The quantitative estimate of drug-likeness (QED) is 0.0713. The highest BCUT2D eigenvalue weighted by Gasteiger charge is 2.37. The number of nitrogens with one attached hydrogen (secondary N) is 1. The van der Waals surface area contributed by atoms with E-state index in [1.807, 2.05) is 60.7 Å². The van der Waals surface area contributed by atoms with E-state index in [9.17, 15) is 24.0 Å². The van der Waals surface area contributed by atoms with E-state index in [1.165, 1.54) is 28.4 Å². The van der Waals surface area contributed by atoms with Crippen molar-refractivity contribution in [3.63, 3.8) is 0 Å². The fourth-order valence-electron chi connectivity index (χ4n) is 6.21. The van der Waals surface area contributed by atoms with Gasteiger partial charge in [0, 0.05) is 44.7 Å². The number of hydrogen-bond acceptors (Lipinski definition) is 10. The van der Waals surface area contributed by atoms with Crippen LogP contribution in [0.5, 0.6) is 0 Å². The molecule has 4 aromatic rings. The maximum Gasteiger partial charge on any atom is 0.419 e. The number of aromatic nitrogens is 1. The van der Waals surface area contributed by atoms with Gasteiger partial charge in [0.05, 0.1) is 25.7 Å². The van der Waals surface area contributed by atoms with E-state index in [0.29, 0.717) is 16.5 Å². The Morgan fingerprint density at radius 2 is 1.40 bits per heavy atom. The van der Waals surface area contributed by atoms with Gasteiger partial charge in [0.25, 0.3) is 0 Å². The molecule has 1 aromatic heterocycles. The van der Waals surface area contributed by atoms with Crippen molar-refractivity contribution >= 4 is 40.9 Å². The van der Waals surface area contributed by atoms with Crippen LogP contribution in [0.25, 0.3) is 10.9 Å². The van der Waals surface area contributed by atoms with Gasteiger partial charge in [-0.15, -0.1) is 0 Å². The number of methoxy groups -OCH3 is 1. The molecule has 3 amide bonds. The Kier molecular flexibility index (Phi) is 16.2. The number of rotatable bonds is 18. The van der Waals surface area contributed by atoms with Crippen molar-refractivity contribution in [1.82, 2.24) is 19.7 Å². The Bertz CT molecular complexity index is 1940. The molecule has 3 aromatic carbocycles. The first kappa shape index (κ1) is 44.0. The van der Waals surface area contributed by atoms with Crippen LogP contribution in [0.2, 0.25) is 0 Å². The molecule has 0 unspecified atom stereocenters. The summed E-state index contributed by atoms with van der Waals surface area (Å²) in [6.45, 7) is 10.2. The predicted octanol–water partition coefficient (Wildman–Crippen LogP) is 6.08. The lowest BCUT2D eigenvalue weighted by atomic mass is 10.0. The van der Waals surface area contributed by atoms with Gasteiger partial charge in [0.1, 0.15) is 24.3 Å². The lowest BCUT2D eigenvalue weighted by Gasteiger charge is -2.36. The van der Waals surface area contributed by atoms with Crippen LogP contribution >= 0.6 is 0 Å². The number of fused-ring (bicyclic) bond motifs is 1. The molecule has 57 heavy (non-hydrogen) atoms. The van der Waals surface area contributed by atoms with Crippen molar-refractivity contribution in [3.05, 3.63) is 108 Å². The fourth-order valence-corrected chi connectivity index (χ4v) is 6.21. The molecule has 0 aliphatic rings. The van der Waals surface area contributed by atoms with Crippen LogP contribution in [-0.4, -0.2) is 102 Å². The van der Waals surface area contributed by atoms with E-state index in [4.69, 9.17) is 23.7 Å². The lowest BCUT2D eigenvalue weighted by molar-refractivity contribution is -0.165. The fraction of sp³-hybridized carbons (Fsp3) is 0.419. The molecule has 4 rings (SSSR count). The molecule has 0 aliphatic heterocycles. The van der Waals surface area contributed by atoms with Crippen LogP contribution in [0.4, 0.5) is 9.59 Å². The SMILES string of the molecule is CCOC(CN(C(C)=O)[C@@H](CN(Cc1ccccc1)C(=O)OCc1ccccc1)C(=O)N[C@@H](Cc1cn(C(=O)OC(C)(C)C)c2ccccc12)C(=O)OC)OCC. The van der Waals surface area contributed by atoms with Gasteiger partial charge in [0.2, 0.25) is 11.8 Å². The average Bonchev–Trinajstić information content (AvgIpc) is 3.55. The number of esters is 1. The lowest BCUT2D eigenvalue weighted by Crippen LogP contribution is -2.59. The van der Waals surface area contributed by atoms with Crippen LogP contribution in [-0.2, 0) is 57.6 Å². The van der Waals surface area contributed by atoms with Gasteiger partial charge in [-0.25, -0.2) is 14.4 Å². The summed E-state index contributed by atoms with van der Waals surface area (Å²) in [5.74, 6) is -2.03.